The van der Waals surface area contributed by atoms with E-state index in [0.717, 1.165) is 0 Å². The van der Waals surface area contributed by atoms with E-state index in [-0.39, 0.29) is 41.3 Å². The second-order valence-corrected chi connectivity index (χ2v) is 9.87. The molecule has 9 atom stereocenters. The molecular weight excluding hydrogens is 532 g/mol. The molecule has 2 aliphatic rings. The Balaban J connectivity index is 1.32. The smallest absolute Gasteiger partial charge is 0.202 e. The summed E-state index contributed by atoms with van der Waals surface area (Å²) in [6.07, 6.45) is -11.6. The molecule has 3 aromatic rings. The predicted octanol–water partition coefficient (Wildman–Crippen LogP) is -0.0691. The summed E-state index contributed by atoms with van der Waals surface area (Å²) in [7, 11) is 0. The van der Waals surface area contributed by atoms with Gasteiger partial charge >= 0.3 is 0 Å². The third-order valence-corrected chi connectivity index (χ3v) is 6.97. The van der Waals surface area contributed by atoms with Crippen LogP contribution in [0.5, 0.6) is 17.2 Å². The van der Waals surface area contributed by atoms with Gasteiger partial charge in [-0.1, -0.05) is 0 Å². The summed E-state index contributed by atoms with van der Waals surface area (Å²) in [5.41, 5.74) is 0.0268. The van der Waals surface area contributed by atoms with E-state index in [4.69, 9.17) is 23.4 Å². The van der Waals surface area contributed by atoms with Crippen LogP contribution in [-0.2, 0) is 14.2 Å². The molecule has 13 nitrogen and oxygen atoms in total. The van der Waals surface area contributed by atoms with E-state index in [1.807, 2.05) is 0 Å². The molecule has 0 aliphatic carbocycles. The number of ether oxygens (including phenoxy) is 4. The number of aliphatic hydroxyl groups is 5. The van der Waals surface area contributed by atoms with Gasteiger partial charge in [0.1, 0.15) is 64.5 Å². The van der Waals surface area contributed by atoms with Crippen molar-refractivity contribution in [1.82, 2.24) is 0 Å². The number of phenolic OH excluding ortho intramolecular Hbond substituents is 2. The predicted molar refractivity (Wildman–Crippen MR) is 135 cm³/mol. The van der Waals surface area contributed by atoms with Crippen LogP contribution >= 0.6 is 0 Å². The molecule has 5 rings (SSSR count). The molecule has 40 heavy (non-hydrogen) atoms. The van der Waals surface area contributed by atoms with E-state index in [9.17, 15) is 40.5 Å². The molecule has 0 bridgehead atoms. The quantitative estimate of drug-likeness (QED) is 0.210. The van der Waals surface area contributed by atoms with Gasteiger partial charge in [-0.05, 0) is 31.2 Å². The molecule has 2 aromatic carbocycles. The van der Waals surface area contributed by atoms with Crippen LogP contribution in [0, 0.1) is 0 Å². The third kappa shape index (κ3) is 5.64. The Morgan fingerprint density at radius 2 is 1.62 bits per heavy atom. The van der Waals surface area contributed by atoms with Crippen molar-refractivity contribution in [2.24, 2.45) is 0 Å². The molecule has 7 N–H and O–H groups in total. The van der Waals surface area contributed by atoms with Crippen LogP contribution < -0.4 is 10.2 Å². The van der Waals surface area contributed by atoms with Crippen molar-refractivity contribution >= 4 is 11.0 Å². The number of phenols is 2. The Morgan fingerprint density at radius 1 is 0.900 bits per heavy atom. The van der Waals surface area contributed by atoms with Gasteiger partial charge in [0.2, 0.25) is 6.29 Å². The van der Waals surface area contributed by atoms with Crippen molar-refractivity contribution < 1.29 is 59.1 Å². The van der Waals surface area contributed by atoms with Gasteiger partial charge in [0.15, 0.2) is 11.7 Å². The minimum atomic E-state index is -1.56. The first-order valence-electron chi connectivity index (χ1n) is 12.6. The van der Waals surface area contributed by atoms with E-state index < -0.39 is 66.5 Å². The van der Waals surface area contributed by atoms with Crippen molar-refractivity contribution in [1.29, 1.82) is 0 Å². The lowest BCUT2D eigenvalue weighted by Crippen LogP contribution is -2.58. The number of aliphatic hydroxyl groups excluding tert-OH is 5. The molecule has 0 amide bonds. The first-order valence-corrected chi connectivity index (χ1v) is 12.6. The molecule has 0 radical (unpaired) electrons. The Kier molecular flexibility index (Phi) is 7.99. The third-order valence-electron chi connectivity index (χ3n) is 6.97. The maximum atomic E-state index is 12.7. The van der Waals surface area contributed by atoms with Crippen LogP contribution in [0.2, 0.25) is 0 Å². The van der Waals surface area contributed by atoms with Crippen molar-refractivity contribution in [3.05, 3.63) is 52.7 Å². The molecule has 2 aliphatic heterocycles. The largest absolute Gasteiger partial charge is 0.508 e. The Labute approximate surface area is 227 Å². The number of hydrogen-bond acceptors (Lipinski definition) is 13. The fourth-order valence-electron chi connectivity index (χ4n) is 4.70. The molecule has 0 saturated carbocycles. The van der Waals surface area contributed by atoms with Gasteiger partial charge in [-0.2, -0.15) is 0 Å². The zero-order chi connectivity index (χ0) is 28.7. The van der Waals surface area contributed by atoms with E-state index >= 15 is 0 Å². The van der Waals surface area contributed by atoms with Gasteiger partial charge in [0, 0.05) is 30.2 Å². The lowest BCUT2D eigenvalue weighted by Gasteiger charge is -2.41. The van der Waals surface area contributed by atoms with Crippen LogP contribution in [0.4, 0.5) is 0 Å². The standard InChI is InChI=1S/C27H30O13/c1-11-23(32)25(34)26(35)27(37-11)36-10-20-24(33)17(31)9-21(40-20)38-14-6-15(29)22-16(30)8-18(39-19(22)7-14)12-2-4-13(28)5-3-12/h2-8,11,17,20-21,23-29,31-35H,9-10H2,1H3/t11-,17+,20+,21-,23+,24+,25-,26-,27-/m1/s1. The summed E-state index contributed by atoms with van der Waals surface area (Å²) in [5, 5.41) is 70.8. The van der Waals surface area contributed by atoms with Crippen molar-refractivity contribution in [3.63, 3.8) is 0 Å². The minimum Gasteiger partial charge on any atom is -0.508 e. The monoisotopic (exact) mass is 562 g/mol. The molecular formula is C27H30O13. The zero-order valence-electron chi connectivity index (χ0n) is 21.2. The van der Waals surface area contributed by atoms with Gasteiger partial charge < -0.3 is 59.1 Å². The second-order valence-electron chi connectivity index (χ2n) is 9.87. The topological polar surface area (TPSA) is 209 Å². The van der Waals surface area contributed by atoms with Crippen molar-refractivity contribution in [2.45, 2.75) is 68.7 Å². The van der Waals surface area contributed by atoms with Gasteiger partial charge in [0.05, 0.1) is 18.8 Å². The number of rotatable bonds is 6. The van der Waals surface area contributed by atoms with Crippen LogP contribution in [-0.4, -0.2) is 97.7 Å². The number of aromatic hydroxyl groups is 2. The average molecular weight is 563 g/mol. The summed E-state index contributed by atoms with van der Waals surface area (Å²) in [4.78, 5) is 12.7. The van der Waals surface area contributed by atoms with Gasteiger partial charge in [-0.15, -0.1) is 0 Å². The first-order chi connectivity index (χ1) is 19.0. The van der Waals surface area contributed by atoms with Crippen LogP contribution in [0.1, 0.15) is 13.3 Å². The van der Waals surface area contributed by atoms with E-state index in [0.29, 0.717) is 5.56 Å². The van der Waals surface area contributed by atoms with Gasteiger partial charge in [-0.25, -0.2) is 0 Å². The molecule has 2 fully saturated rings. The van der Waals surface area contributed by atoms with E-state index in [2.05, 4.69) is 0 Å². The SMILES string of the molecule is C[C@H]1O[C@@H](OC[C@@H]2O[C@@H](Oc3cc(O)c4c(=O)cc(-c5ccc(O)cc5)oc4c3)C[C@H](O)[C@@H]2O)[C@H](O)[C@H](O)[C@H]1O. The molecule has 0 unspecified atom stereocenters. The fourth-order valence-corrected chi connectivity index (χ4v) is 4.70. The summed E-state index contributed by atoms with van der Waals surface area (Å²) in [5.74, 6) is -0.135. The molecule has 13 heteroatoms. The Bertz CT molecular complexity index is 1390. The highest BCUT2D eigenvalue weighted by Crippen LogP contribution is 2.33. The first kappa shape index (κ1) is 28.3. The summed E-state index contributed by atoms with van der Waals surface area (Å²) < 4.78 is 28.3. The van der Waals surface area contributed by atoms with Crippen LogP contribution in [0.25, 0.3) is 22.3 Å². The normalized spacial score (nSPS) is 32.7. The summed E-state index contributed by atoms with van der Waals surface area (Å²) in [6.45, 7) is 1.12. The molecule has 3 heterocycles. The molecule has 2 saturated heterocycles. The summed E-state index contributed by atoms with van der Waals surface area (Å²) in [6, 6.07) is 9.76. The van der Waals surface area contributed by atoms with Gasteiger partial charge in [0.25, 0.3) is 0 Å². The van der Waals surface area contributed by atoms with E-state index in [1.54, 1.807) is 12.1 Å². The van der Waals surface area contributed by atoms with Crippen LogP contribution in [0.3, 0.4) is 0 Å². The maximum absolute atomic E-state index is 12.7. The van der Waals surface area contributed by atoms with Crippen molar-refractivity contribution in [3.8, 4) is 28.6 Å². The highest BCUT2D eigenvalue weighted by molar-refractivity contribution is 5.86. The molecule has 0 spiro atoms. The number of hydrogen-bond donors (Lipinski definition) is 7. The number of benzene rings is 2. The molecule has 1 aromatic heterocycles. The fraction of sp³-hybridized carbons (Fsp3) is 0.444. The highest BCUT2D eigenvalue weighted by atomic mass is 16.7. The number of fused-ring (bicyclic) bond motifs is 1. The lowest BCUT2D eigenvalue weighted by atomic mass is 10.00. The van der Waals surface area contributed by atoms with E-state index in [1.165, 1.54) is 37.3 Å². The minimum absolute atomic E-state index is 0.0140. The van der Waals surface area contributed by atoms with Gasteiger partial charge in [-0.3, -0.25) is 4.79 Å². The Hall–Kier alpha value is -3.27. The second kappa shape index (κ2) is 11.3. The van der Waals surface area contributed by atoms with Crippen LogP contribution in [0.15, 0.2) is 51.7 Å². The summed E-state index contributed by atoms with van der Waals surface area (Å²) >= 11 is 0. The van der Waals surface area contributed by atoms with Crippen molar-refractivity contribution in [2.75, 3.05) is 6.61 Å². The molecule has 216 valence electrons. The maximum Gasteiger partial charge on any atom is 0.202 e. The average Bonchev–Trinajstić information content (AvgIpc) is 2.91. The zero-order valence-corrected chi connectivity index (χ0v) is 21.2. The highest BCUT2D eigenvalue weighted by Gasteiger charge is 2.44. The lowest BCUT2D eigenvalue weighted by molar-refractivity contribution is -0.309. The Morgan fingerprint density at radius 3 is 2.35 bits per heavy atom.